The van der Waals surface area contributed by atoms with Crippen LogP contribution in [0.1, 0.15) is 28.4 Å². The van der Waals surface area contributed by atoms with E-state index >= 15 is 0 Å². The smallest absolute Gasteiger partial charge is 0.338 e. The minimum absolute atomic E-state index is 0.00922. The minimum atomic E-state index is -3.85. The van der Waals surface area contributed by atoms with E-state index in [1.165, 1.54) is 19.1 Å². The van der Waals surface area contributed by atoms with E-state index in [1.54, 1.807) is 17.9 Å². The van der Waals surface area contributed by atoms with Crippen LogP contribution in [0, 0.1) is 6.92 Å². The topological polar surface area (TPSA) is 102 Å². The Hall–Kier alpha value is -2.75. The second-order valence-corrected chi connectivity index (χ2v) is 9.01. The number of nitrogens with zero attached hydrogens (tertiary/aromatic N) is 1. The summed E-state index contributed by atoms with van der Waals surface area (Å²) in [6.07, 6.45) is -0.983. The van der Waals surface area contributed by atoms with Crippen molar-refractivity contribution in [2.24, 2.45) is 0 Å². The van der Waals surface area contributed by atoms with Gasteiger partial charge in [-0.2, -0.15) is 0 Å². The van der Waals surface area contributed by atoms with Gasteiger partial charge in [0.1, 0.15) is 0 Å². The molecule has 0 radical (unpaired) electrons. The van der Waals surface area contributed by atoms with Crippen LogP contribution in [0.2, 0.25) is 0 Å². The summed E-state index contributed by atoms with van der Waals surface area (Å²) in [4.78, 5) is 26.6. The number of nitrogens with one attached hydrogen (secondary N) is 1. The Morgan fingerprint density at radius 3 is 2.48 bits per heavy atom. The molecule has 0 bridgehead atoms. The summed E-state index contributed by atoms with van der Waals surface area (Å²) in [7, 11) is -3.85. The van der Waals surface area contributed by atoms with Crippen LogP contribution in [-0.2, 0) is 30.8 Å². The van der Waals surface area contributed by atoms with E-state index in [0.717, 1.165) is 5.56 Å². The van der Waals surface area contributed by atoms with Crippen LogP contribution in [0.5, 0.6) is 0 Å². The van der Waals surface area contributed by atoms with Gasteiger partial charge in [0.05, 0.1) is 23.7 Å². The Balaban J connectivity index is 1.70. The maximum atomic E-state index is 12.8. The van der Waals surface area contributed by atoms with E-state index in [-0.39, 0.29) is 22.9 Å². The normalized spacial score (nSPS) is 15.4. The summed E-state index contributed by atoms with van der Waals surface area (Å²) < 4.78 is 38.7. The highest BCUT2D eigenvalue weighted by Crippen LogP contribution is 2.19. The maximum Gasteiger partial charge on any atom is 0.338 e. The second kappa shape index (κ2) is 10.0. The molecule has 0 aliphatic carbocycles. The molecule has 3 rings (SSSR count). The third-order valence-electron chi connectivity index (χ3n) is 4.98. The van der Waals surface area contributed by atoms with Crippen molar-refractivity contribution in [2.45, 2.75) is 31.4 Å². The van der Waals surface area contributed by atoms with Crippen molar-refractivity contribution >= 4 is 21.9 Å². The van der Waals surface area contributed by atoms with Crippen molar-refractivity contribution in [3.8, 4) is 0 Å². The first-order chi connectivity index (χ1) is 14.8. The van der Waals surface area contributed by atoms with Gasteiger partial charge in [0.2, 0.25) is 10.0 Å². The molecule has 1 amide bonds. The lowest BCUT2D eigenvalue weighted by atomic mass is 10.1. The number of carbonyl (C=O) groups excluding carboxylic acids is 2. The van der Waals surface area contributed by atoms with Crippen LogP contribution in [0.15, 0.2) is 53.4 Å². The first-order valence-electron chi connectivity index (χ1n) is 9.99. The zero-order valence-electron chi connectivity index (χ0n) is 17.5. The van der Waals surface area contributed by atoms with Gasteiger partial charge in [-0.3, -0.25) is 4.79 Å². The predicted octanol–water partition coefficient (Wildman–Crippen LogP) is 1.88. The first-order valence-corrected chi connectivity index (χ1v) is 11.5. The van der Waals surface area contributed by atoms with Gasteiger partial charge in [-0.05, 0) is 37.1 Å². The summed E-state index contributed by atoms with van der Waals surface area (Å²) in [5.74, 6) is -1.06. The number of benzene rings is 2. The van der Waals surface area contributed by atoms with Gasteiger partial charge in [-0.25, -0.2) is 17.9 Å². The van der Waals surface area contributed by atoms with Crippen molar-refractivity contribution in [2.75, 3.05) is 26.3 Å². The standard InChI is InChI=1S/C22H26N2O6S/c1-16-8-9-19(22(26)30-17(2)21(25)24-10-12-29-13-11-24)14-20(16)31(27,28)23-15-18-6-4-3-5-7-18/h3-9,14,17,23H,10-13,15H2,1-2H3. The number of amides is 1. The molecule has 0 aromatic heterocycles. The lowest BCUT2D eigenvalue weighted by Crippen LogP contribution is -2.46. The van der Waals surface area contributed by atoms with E-state index in [1.807, 2.05) is 30.3 Å². The quantitative estimate of drug-likeness (QED) is 0.652. The van der Waals surface area contributed by atoms with E-state index in [0.29, 0.717) is 31.9 Å². The molecule has 1 aliphatic rings. The Kier molecular flexibility index (Phi) is 7.42. The van der Waals surface area contributed by atoms with Crippen LogP contribution in [0.3, 0.4) is 0 Å². The molecule has 1 aliphatic heterocycles. The third kappa shape index (κ3) is 5.90. The molecule has 0 saturated carbocycles. The molecule has 0 spiro atoms. The average Bonchev–Trinajstić information content (AvgIpc) is 2.78. The van der Waals surface area contributed by atoms with Gasteiger partial charge in [-0.15, -0.1) is 0 Å². The summed E-state index contributed by atoms with van der Waals surface area (Å²) in [5.41, 5.74) is 1.37. The van der Waals surface area contributed by atoms with Gasteiger partial charge in [0.25, 0.3) is 5.91 Å². The van der Waals surface area contributed by atoms with Crippen LogP contribution in [-0.4, -0.2) is 57.6 Å². The molecule has 8 nitrogen and oxygen atoms in total. The Morgan fingerprint density at radius 1 is 1.13 bits per heavy atom. The number of hydrogen-bond acceptors (Lipinski definition) is 6. The van der Waals surface area contributed by atoms with Crippen molar-refractivity contribution in [1.82, 2.24) is 9.62 Å². The van der Waals surface area contributed by atoms with Gasteiger partial charge in [0, 0.05) is 19.6 Å². The van der Waals surface area contributed by atoms with Crippen molar-refractivity contribution in [3.05, 3.63) is 65.2 Å². The monoisotopic (exact) mass is 446 g/mol. The molecule has 1 unspecified atom stereocenters. The number of sulfonamides is 1. The van der Waals surface area contributed by atoms with Gasteiger partial charge in [0.15, 0.2) is 6.10 Å². The van der Waals surface area contributed by atoms with Crippen molar-refractivity contribution < 1.29 is 27.5 Å². The fraction of sp³-hybridized carbons (Fsp3) is 0.364. The Morgan fingerprint density at radius 2 is 1.81 bits per heavy atom. The number of ether oxygens (including phenoxy) is 2. The minimum Gasteiger partial charge on any atom is -0.449 e. The molecule has 1 heterocycles. The first kappa shape index (κ1) is 22.9. The number of hydrogen-bond donors (Lipinski definition) is 1. The van der Waals surface area contributed by atoms with Gasteiger partial charge >= 0.3 is 5.97 Å². The molecule has 9 heteroatoms. The highest BCUT2D eigenvalue weighted by atomic mass is 32.2. The largest absolute Gasteiger partial charge is 0.449 e. The summed E-state index contributed by atoms with van der Waals surface area (Å²) in [6.45, 7) is 5.06. The van der Waals surface area contributed by atoms with E-state index < -0.39 is 22.1 Å². The van der Waals surface area contributed by atoms with Gasteiger partial charge < -0.3 is 14.4 Å². The summed E-state index contributed by atoms with van der Waals surface area (Å²) in [6, 6.07) is 13.4. The highest BCUT2D eigenvalue weighted by molar-refractivity contribution is 7.89. The molecule has 31 heavy (non-hydrogen) atoms. The zero-order valence-corrected chi connectivity index (χ0v) is 18.4. The molecule has 1 saturated heterocycles. The average molecular weight is 447 g/mol. The Bertz CT molecular complexity index is 1030. The molecule has 1 fully saturated rings. The van der Waals surface area contributed by atoms with Crippen LogP contribution in [0.4, 0.5) is 0 Å². The molecule has 166 valence electrons. The number of aryl methyl sites for hydroxylation is 1. The fourth-order valence-corrected chi connectivity index (χ4v) is 4.47. The zero-order chi connectivity index (χ0) is 22.4. The number of rotatable bonds is 7. The fourth-order valence-electron chi connectivity index (χ4n) is 3.19. The van der Waals surface area contributed by atoms with Crippen LogP contribution < -0.4 is 4.72 Å². The highest BCUT2D eigenvalue weighted by Gasteiger charge is 2.26. The van der Waals surface area contributed by atoms with Crippen molar-refractivity contribution in [1.29, 1.82) is 0 Å². The summed E-state index contributed by atoms with van der Waals surface area (Å²) in [5, 5.41) is 0. The lowest BCUT2D eigenvalue weighted by molar-refractivity contribution is -0.143. The number of carbonyl (C=O) groups is 2. The number of esters is 1. The van der Waals surface area contributed by atoms with Crippen LogP contribution >= 0.6 is 0 Å². The van der Waals surface area contributed by atoms with Crippen molar-refractivity contribution in [3.63, 3.8) is 0 Å². The summed E-state index contributed by atoms with van der Waals surface area (Å²) >= 11 is 0. The number of morpholine rings is 1. The third-order valence-corrected chi connectivity index (χ3v) is 6.52. The Labute approximate surface area is 182 Å². The molecular weight excluding hydrogens is 420 g/mol. The maximum absolute atomic E-state index is 12.8. The van der Waals surface area contributed by atoms with E-state index in [9.17, 15) is 18.0 Å². The van der Waals surface area contributed by atoms with Crippen LogP contribution in [0.25, 0.3) is 0 Å². The molecular formula is C22H26N2O6S. The molecule has 2 aromatic carbocycles. The molecule has 2 aromatic rings. The van der Waals surface area contributed by atoms with Gasteiger partial charge in [-0.1, -0.05) is 36.4 Å². The molecule has 1 N–H and O–H groups in total. The SMILES string of the molecule is Cc1ccc(C(=O)OC(C)C(=O)N2CCOCC2)cc1S(=O)(=O)NCc1ccccc1. The lowest BCUT2D eigenvalue weighted by Gasteiger charge is -2.29. The molecule has 1 atom stereocenters. The van der Waals surface area contributed by atoms with E-state index in [2.05, 4.69) is 4.72 Å². The van der Waals surface area contributed by atoms with E-state index in [4.69, 9.17) is 9.47 Å². The predicted molar refractivity (Wildman–Crippen MR) is 114 cm³/mol. The second-order valence-electron chi connectivity index (χ2n) is 7.28.